The van der Waals surface area contributed by atoms with Crippen molar-refractivity contribution in [1.82, 2.24) is 9.97 Å². The van der Waals surface area contributed by atoms with E-state index >= 15 is 0 Å². The molecule has 20 heavy (non-hydrogen) atoms. The average Bonchev–Trinajstić information content (AvgIpc) is 2.39. The summed E-state index contributed by atoms with van der Waals surface area (Å²) in [4.78, 5) is 18.9. The molecule has 0 fully saturated rings. The lowest BCUT2D eigenvalue weighted by Gasteiger charge is -2.11. The van der Waals surface area contributed by atoms with Crippen molar-refractivity contribution in [3.8, 4) is 17.0 Å². The van der Waals surface area contributed by atoms with E-state index in [0.29, 0.717) is 11.3 Å². The van der Waals surface area contributed by atoms with Gasteiger partial charge in [-0.3, -0.25) is 4.79 Å². The first-order chi connectivity index (χ1) is 9.56. The van der Waals surface area contributed by atoms with Crippen LogP contribution in [0.2, 0.25) is 0 Å². The molecule has 0 atom stereocenters. The van der Waals surface area contributed by atoms with Crippen LogP contribution in [0.1, 0.15) is 19.4 Å². The smallest absolute Gasteiger partial charge is 0.307 e. The summed E-state index contributed by atoms with van der Waals surface area (Å²) in [6.45, 7) is 3.92. The summed E-state index contributed by atoms with van der Waals surface area (Å²) in [6.07, 6.45) is 2.97. The van der Waals surface area contributed by atoms with E-state index in [1.807, 2.05) is 38.1 Å². The predicted octanol–water partition coefficient (Wildman–Crippen LogP) is 2.56. The zero-order valence-electron chi connectivity index (χ0n) is 11.4. The van der Waals surface area contributed by atoms with E-state index in [-0.39, 0.29) is 12.5 Å². The summed E-state index contributed by atoms with van der Waals surface area (Å²) in [5, 5.41) is 8.91. The van der Waals surface area contributed by atoms with Gasteiger partial charge in [-0.05, 0) is 38.1 Å². The summed E-state index contributed by atoms with van der Waals surface area (Å²) >= 11 is 0. The van der Waals surface area contributed by atoms with E-state index in [1.165, 1.54) is 12.5 Å². The second-order valence-electron chi connectivity index (χ2n) is 4.66. The van der Waals surface area contributed by atoms with E-state index in [0.717, 1.165) is 11.3 Å². The molecule has 2 aromatic rings. The van der Waals surface area contributed by atoms with Crippen LogP contribution in [-0.2, 0) is 11.2 Å². The highest BCUT2D eigenvalue weighted by Gasteiger charge is 2.10. The number of aliphatic carboxylic acids is 1. The molecule has 0 aliphatic rings. The van der Waals surface area contributed by atoms with Crippen molar-refractivity contribution in [2.45, 2.75) is 26.4 Å². The minimum Gasteiger partial charge on any atom is -0.491 e. The number of benzene rings is 1. The molecule has 5 heteroatoms. The van der Waals surface area contributed by atoms with Gasteiger partial charge in [-0.25, -0.2) is 9.97 Å². The van der Waals surface area contributed by atoms with E-state index in [9.17, 15) is 4.79 Å². The minimum absolute atomic E-state index is 0.0968. The summed E-state index contributed by atoms with van der Waals surface area (Å²) in [5.41, 5.74) is 2.08. The lowest BCUT2D eigenvalue weighted by atomic mass is 10.1. The Morgan fingerprint density at radius 2 is 2.00 bits per heavy atom. The lowest BCUT2D eigenvalue weighted by Crippen LogP contribution is -2.05. The number of nitrogens with zero attached hydrogens (tertiary/aromatic N) is 2. The molecule has 1 heterocycles. The first-order valence-electron chi connectivity index (χ1n) is 6.34. The van der Waals surface area contributed by atoms with Gasteiger partial charge in [-0.1, -0.05) is 0 Å². The molecule has 0 saturated heterocycles. The highest BCUT2D eigenvalue weighted by atomic mass is 16.5. The van der Waals surface area contributed by atoms with Gasteiger partial charge in [0.25, 0.3) is 0 Å². The Kier molecular flexibility index (Phi) is 4.30. The summed E-state index contributed by atoms with van der Waals surface area (Å²) < 4.78 is 5.57. The van der Waals surface area contributed by atoms with Crippen LogP contribution >= 0.6 is 0 Å². The van der Waals surface area contributed by atoms with Crippen LogP contribution in [0.5, 0.6) is 5.75 Å². The fourth-order valence-corrected chi connectivity index (χ4v) is 1.87. The number of carboxylic acid groups (broad SMARTS) is 1. The molecule has 104 valence electrons. The maximum absolute atomic E-state index is 10.9. The monoisotopic (exact) mass is 272 g/mol. The van der Waals surface area contributed by atoms with E-state index in [2.05, 4.69) is 9.97 Å². The fourth-order valence-electron chi connectivity index (χ4n) is 1.87. The van der Waals surface area contributed by atoms with E-state index in [1.54, 1.807) is 0 Å². The van der Waals surface area contributed by atoms with Crippen LogP contribution in [0.3, 0.4) is 0 Å². The van der Waals surface area contributed by atoms with Crippen molar-refractivity contribution in [3.05, 3.63) is 42.4 Å². The normalized spacial score (nSPS) is 10.6. The van der Waals surface area contributed by atoms with E-state index < -0.39 is 5.97 Å². The van der Waals surface area contributed by atoms with Crippen molar-refractivity contribution < 1.29 is 14.6 Å². The maximum Gasteiger partial charge on any atom is 0.307 e. The summed E-state index contributed by atoms with van der Waals surface area (Å²) in [6, 6.07) is 7.43. The van der Waals surface area contributed by atoms with Crippen LogP contribution in [0.4, 0.5) is 0 Å². The Labute approximate surface area is 117 Å². The van der Waals surface area contributed by atoms with Gasteiger partial charge >= 0.3 is 5.97 Å². The number of hydrogen-bond acceptors (Lipinski definition) is 4. The maximum atomic E-state index is 10.9. The van der Waals surface area contributed by atoms with Gasteiger partial charge in [0.2, 0.25) is 0 Å². The minimum atomic E-state index is -0.902. The molecule has 1 aromatic heterocycles. The Morgan fingerprint density at radius 3 is 2.60 bits per heavy atom. The zero-order valence-corrected chi connectivity index (χ0v) is 11.4. The molecule has 0 radical (unpaired) electrons. The quantitative estimate of drug-likeness (QED) is 0.905. The van der Waals surface area contributed by atoms with Gasteiger partial charge in [0, 0.05) is 17.3 Å². The molecule has 0 saturated carbocycles. The molecule has 2 rings (SSSR count). The van der Waals surface area contributed by atoms with Crippen molar-refractivity contribution >= 4 is 5.97 Å². The van der Waals surface area contributed by atoms with Gasteiger partial charge in [0.1, 0.15) is 12.1 Å². The Balaban J connectivity index is 2.29. The molecular formula is C15H16N2O3. The number of hydrogen-bond donors (Lipinski definition) is 1. The summed E-state index contributed by atoms with van der Waals surface area (Å²) in [5.74, 6) is -0.126. The van der Waals surface area contributed by atoms with Gasteiger partial charge in [-0.2, -0.15) is 0 Å². The van der Waals surface area contributed by atoms with Crippen molar-refractivity contribution in [2.24, 2.45) is 0 Å². The van der Waals surface area contributed by atoms with Gasteiger partial charge < -0.3 is 9.84 Å². The first-order valence-corrected chi connectivity index (χ1v) is 6.34. The van der Waals surface area contributed by atoms with Crippen LogP contribution in [0, 0.1) is 0 Å². The van der Waals surface area contributed by atoms with Crippen molar-refractivity contribution in [2.75, 3.05) is 0 Å². The average molecular weight is 272 g/mol. The molecule has 0 unspecified atom stereocenters. The fraction of sp³-hybridized carbons (Fsp3) is 0.267. The second kappa shape index (κ2) is 6.14. The predicted molar refractivity (Wildman–Crippen MR) is 74.6 cm³/mol. The lowest BCUT2D eigenvalue weighted by molar-refractivity contribution is -0.136. The van der Waals surface area contributed by atoms with Gasteiger partial charge in [0.05, 0.1) is 18.2 Å². The highest BCUT2D eigenvalue weighted by molar-refractivity contribution is 5.74. The third-order valence-electron chi connectivity index (χ3n) is 2.63. The van der Waals surface area contributed by atoms with Crippen LogP contribution < -0.4 is 4.74 Å². The number of aromatic nitrogens is 2. The standard InChI is InChI=1S/C15H16N2O3/c1-10(2)20-13-5-3-11(4-6-13)15-12(7-14(18)19)8-16-9-17-15/h3-6,8-10H,7H2,1-2H3,(H,18,19). The molecule has 0 aliphatic carbocycles. The van der Waals surface area contributed by atoms with Crippen LogP contribution in [0.25, 0.3) is 11.3 Å². The molecule has 1 N–H and O–H groups in total. The first kappa shape index (κ1) is 14.0. The third-order valence-corrected chi connectivity index (χ3v) is 2.63. The molecule has 0 spiro atoms. The Morgan fingerprint density at radius 1 is 1.30 bits per heavy atom. The number of ether oxygens (including phenoxy) is 1. The Hall–Kier alpha value is -2.43. The zero-order chi connectivity index (χ0) is 14.5. The highest BCUT2D eigenvalue weighted by Crippen LogP contribution is 2.24. The van der Waals surface area contributed by atoms with E-state index in [4.69, 9.17) is 9.84 Å². The number of rotatable bonds is 5. The SMILES string of the molecule is CC(C)Oc1ccc(-c2ncncc2CC(=O)O)cc1. The third kappa shape index (κ3) is 3.54. The molecule has 1 aromatic carbocycles. The second-order valence-corrected chi connectivity index (χ2v) is 4.66. The van der Waals surface area contributed by atoms with Crippen LogP contribution in [0.15, 0.2) is 36.8 Å². The number of carbonyl (C=O) groups is 1. The molecule has 0 bridgehead atoms. The van der Waals surface area contributed by atoms with Crippen molar-refractivity contribution in [3.63, 3.8) is 0 Å². The van der Waals surface area contributed by atoms with Gasteiger partial charge in [-0.15, -0.1) is 0 Å². The molecule has 0 aliphatic heterocycles. The number of carboxylic acids is 1. The Bertz CT molecular complexity index is 594. The summed E-state index contributed by atoms with van der Waals surface area (Å²) in [7, 11) is 0. The van der Waals surface area contributed by atoms with Gasteiger partial charge in [0.15, 0.2) is 0 Å². The van der Waals surface area contributed by atoms with Crippen molar-refractivity contribution in [1.29, 1.82) is 0 Å². The topological polar surface area (TPSA) is 72.3 Å². The molecular weight excluding hydrogens is 256 g/mol. The largest absolute Gasteiger partial charge is 0.491 e. The molecule has 0 amide bonds. The molecule has 5 nitrogen and oxygen atoms in total. The van der Waals surface area contributed by atoms with Crippen LogP contribution in [-0.4, -0.2) is 27.1 Å².